The third-order valence-corrected chi connectivity index (χ3v) is 3.50. The Balaban J connectivity index is 2.03. The predicted molar refractivity (Wildman–Crippen MR) is 76.3 cm³/mol. The molecule has 1 heterocycles. The minimum absolute atomic E-state index is 0.159. The molecule has 3 N–H and O–H groups in total. The Kier molecular flexibility index (Phi) is 3.97. The van der Waals surface area contributed by atoms with Crippen LogP contribution in [0.3, 0.4) is 0 Å². The maximum Gasteiger partial charge on any atom is 0.251 e. The van der Waals surface area contributed by atoms with Gasteiger partial charge in [-0.2, -0.15) is 0 Å². The third-order valence-electron chi connectivity index (χ3n) is 2.67. The van der Waals surface area contributed by atoms with Gasteiger partial charge in [-0.3, -0.25) is 9.59 Å². The van der Waals surface area contributed by atoms with Gasteiger partial charge in [-0.05, 0) is 23.9 Å². The summed E-state index contributed by atoms with van der Waals surface area (Å²) in [6, 6.07) is 9.36. The fourth-order valence-corrected chi connectivity index (χ4v) is 2.47. The summed E-state index contributed by atoms with van der Waals surface area (Å²) < 4.78 is 0. The second-order valence-electron chi connectivity index (χ2n) is 4.24. The topological polar surface area (TPSA) is 72.2 Å². The molecule has 0 aliphatic carbocycles. The molecule has 19 heavy (non-hydrogen) atoms. The van der Waals surface area contributed by atoms with Crippen LogP contribution >= 0.6 is 11.3 Å². The number of nitrogens with two attached hydrogens (primary N) is 1. The second-order valence-corrected chi connectivity index (χ2v) is 5.15. The lowest BCUT2D eigenvalue weighted by molar-refractivity contribution is -0.115. The van der Waals surface area contributed by atoms with Crippen LogP contribution in [-0.2, 0) is 11.2 Å². The van der Waals surface area contributed by atoms with E-state index in [9.17, 15) is 9.59 Å². The van der Waals surface area contributed by atoms with Crippen molar-refractivity contribution in [3.63, 3.8) is 0 Å². The number of nitrogens with one attached hydrogen (secondary N) is 1. The van der Waals surface area contributed by atoms with Crippen LogP contribution in [0.5, 0.6) is 0 Å². The van der Waals surface area contributed by atoms with Gasteiger partial charge >= 0.3 is 0 Å². The van der Waals surface area contributed by atoms with E-state index >= 15 is 0 Å². The van der Waals surface area contributed by atoms with Crippen molar-refractivity contribution in [2.45, 2.75) is 13.3 Å². The number of carbonyl (C=O) groups is 2. The maximum atomic E-state index is 11.9. The summed E-state index contributed by atoms with van der Waals surface area (Å²) in [5.74, 6) is -0.694. The first-order chi connectivity index (χ1) is 9.06. The summed E-state index contributed by atoms with van der Waals surface area (Å²) in [4.78, 5) is 23.0. The SMILES string of the molecule is Cc1ccc(CC(=O)Nc2sccc2C(N)=O)cc1. The fraction of sp³-hybridized carbons (Fsp3) is 0.143. The zero-order valence-corrected chi connectivity index (χ0v) is 11.3. The molecular formula is C14H14N2O2S. The Morgan fingerprint density at radius 1 is 1.21 bits per heavy atom. The molecule has 1 aromatic carbocycles. The Morgan fingerprint density at radius 2 is 1.89 bits per heavy atom. The Labute approximate surface area is 115 Å². The number of primary amides is 1. The number of hydrogen-bond donors (Lipinski definition) is 2. The molecule has 2 aromatic rings. The van der Waals surface area contributed by atoms with Gasteiger partial charge in [0.15, 0.2) is 0 Å². The fourth-order valence-electron chi connectivity index (χ4n) is 1.66. The van der Waals surface area contributed by atoms with E-state index in [-0.39, 0.29) is 12.3 Å². The molecule has 2 rings (SSSR count). The van der Waals surface area contributed by atoms with Crippen molar-refractivity contribution in [3.8, 4) is 0 Å². The number of benzene rings is 1. The third kappa shape index (κ3) is 3.42. The molecule has 4 nitrogen and oxygen atoms in total. The molecule has 0 radical (unpaired) electrons. The van der Waals surface area contributed by atoms with Crippen molar-refractivity contribution < 1.29 is 9.59 Å². The summed E-state index contributed by atoms with van der Waals surface area (Å²) in [6.45, 7) is 1.99. The first-order valence-corrected chi connectivity index (χ1v) is 6.67. The van der Waals surface area contributed by atoms with Crippen molar-refractivity contribution >= 4 is 28.2 Å². The van der Waals surface area contributed by atoms with E-state index in [1.165, 1.54) is 11.3 Å². The largest absolute Gasteiger partial charge is 0.366 e. The number of aryl methyl sites for hydroxylation is 1. The van der Waals surface area contributed by atoms with Gasteiger partial charge in [0.05, 0.1) is 12.0 Å². The molecule has 0 spiro atoms. The number of amides is 2. The number of hydrogen-bond acceptors (Lipinski definition) is 3. The van der Waals surface area contributed by atoms with Crippen LogP contribution in [0.4, 0.5) is 5.00 Å². The quantitative estimate of drug-likeness (QED) is 0.898. The van der Waals surface area contributed by atoms with Crippen LogP contribution in [-0.4, -0.2) is 11.8 Å². The van der Waals surface area contributed by atoms with Crippen LogP contribution in [0.15, 0.2) is 35.7 Å². The number of carbonyl (C=O) groups excluding carboxylic acids is 2. The molecule has 1 aromatic heterocycles. The lowest BCUT2D eigenvalue weighted by atomic mass is 10.1. The lowest BCUT2D eigenvalue weighted by Gasteiger charge is -2.05. The summed E-state index contributed by atoms with van der Waals surface area (Å²) in [5, 5.41) is 4.94. The highest BCUT2D eigenvalue weighted by atomic mass is 32.1. The number of anilines is 1. The van der Waals surface area contributed by atoms with Gasteiger partial charge in [-0.1, -0.05) is 29.8 Å². The average molecular weight is 274 g/mol. The molecule has 2 amide bonds. The van der Waals surface area contributed by atoms with E-state index in [1.807, 2.05) is 31.2 Å². The molecular weight excluding hydrogens is 260 g/mol. The molecule has 0 saturated heterocycles. The van der Waals surface area contributed by atoms with Crippen molar-refractivity contribution in [1.29, 1.82) is 0 Å². The van der Waals surface area contributed by atoms with Crippen molar-refractivity contribution in [2.75, 3.05) is 5.32 Å². The van der Waals surface area contributed by atoms with Gasteiger partial charge < -0.3 is 11.1 Å². The monoisotopic (exact) mass is 274 g/mol. The van der Waals surface area contributed by atoms with E-state index in [0.29, 0.717) is 10.6 Å². The van der Waals surface area contributed by atoms with Crippen LogP contribution in [0.25, 0.3) is 0 Å². The van der Waals surface area contributed by atoms with Gasteiger partial charge in [0.25, 0.3) is 5.91 Å². The number of thiophene rings is 1. The van der Waals surface area contributed by atoms with Gasteiger partial charge in [0, 0.05) is 0 Å². The minimum Gasteiger partial charge on any atom is -0.366 e. The zero-order valence-electron chi connectivity index (χ0n) is 10.5. The van der Waals surface area contributed by atoms with E-state index in [2.05, 4.69) is 5.32 Å². The second kappa shape index (κ2) is 5.67. The van der Waals surface area contributed by atoms with Crippen LogP contribution in [0.2, 0.25) is 0 Å². The van der Waals surface area contributed by atoms with Gasteiger partial charge in [-0.25, -0.2) is 0 Å². The standard InChI is InChI=1S/C14H14N2O2S/c1-9-2-4-10(5-3-9)8-12(17)16-14-11(13(15)18)6-7-19-14/h2-7H,8H2,1H3,(H2,15,18)(H,16,17). The zero-order chi connectivity index (χ0) is 13.8. The molecule has 0 unspecified atom stereocenters. The molecule has 98 valence electrons. The van der Waals surface area contributed by atoms with Gasteiger partial charge in [0.2, 0.25) is 5.91 Å². The molecule has 0 aliphatic heterocycles. The van der Waals surface area contributed by atoms with Gasteiger partial charge in [0.1, 0.15) is 5.00 Å². The molecule has 0 bridgehead atoms. The van der Waals surface area contributed by atoms with Crippen LogP contribution in [0, 0.1) is 6.92 Å². The predicted octanol–water partition coefficient (Wildman–Crippen LogP) is 2.34. The Bertz CT molecular complexity index is 602. The van der Waals surface area contributed by atoms with E-state index in [4.69, 9.17) is 5.73 Å². The van der Waals surface area contributed by atoms with Crippen molar-refractivity contribution in [1.82, 2.24) is 0 Å². The van der Waals surface area contributed by atoms with Gasteiger partial charge in [-0.15, -0.1) is 11.3 Å². The highest BCUT2D eigenvalue weighted by molar-refractivity contribution is 7.14. The van der Waals surface area contributed by atoms with Crippen molar-refractivity contribution in [3.05, 3.63) is 52.4 Å². The minimum atomic E-state index is -0.535. The highest BCUT2D eigenvalue weighted by Crippen LogP contribution is 2.22. The highest BCUT2D eigenvalue weighted by Gasteiger charge is 2.12. The number of rotatable bonds is 4. The molecule has 5 heteroatoms. The molecule has 0 aliphatic rings. The van der Waals surface area contributed by atoms with Crippen molar-refractivity contribution in [2.24, 2.45) is 5.73 Å². The van der Waals surface area contributed by atoms with E-state index in [1.54, 1.807) is 11.4 Å². The first-order valence-electron chi connectivity index (χ1n) is 5.79. The van der Waals surface area contributed by atoms with Crippen LogP contribution in [0.1, 0.15) is 21.5 Å². The Morgan fingerprint density at radius 3 is 2.53 bits per heavy atom. The first kappa shape index (κ1) is 13.3. The summed E-state index contributed by atoms with van der Waals surface area (Å²) >= 11 is 1.29. The normalized spacial score (nSPS) is 10.2. The summed E-state index contributed by atoms with van der Waals surface area (Å²) in [7, 11) is 0. The summed E-state index contributed by atoms with van der Waals surface area (Å²) in [6.07, 6.45) is 0.274. The molecule has 0 saturated carbocycles. The maximum absolute atomic E-state index is 11.9. The van der Waals surface area contributed by atoms with Crippen LogP contribution < -0.4 is 11.1 Å². The smallest absolute Gasteiger partial charge is 0.251 e. The molecule has 0 atom stereocenters. The lowest BCUT2D eigenvalue weighted by Crippen LogP contribution is -2.17. The van der Waals surface area contributed by atoms with E-state index in [0.717, 1.165) is 11.1 Å². The Hall–Kier alpha value is -2.14. The molecule has 0 fully saturated rings. The average Bonchev–Trinajstić information content (AvgIpc) is 2.80. The van der Waals surface area contributed by atoms with E-state index < -0.39 is 5.91 Å². The summed E-state index contributed by atoms with van der Waals surface area (Å²) in [5.41, 5.74) is 7.65.